The summed E-state index contributed by atoms with van der Waals surface area (Å²) in [4.78, 5) is 2.24. The Hall–Kier alpha value is -2.49. The predicted molar refractivity (Wildman–Crippen MR) is 99.6 cm³/mol. The first kappa shape index (κ1) is 17.9. The summed E-state index contributed by atoms with van der Waals surface area (Å²) in [7, 11) is -0.0858. The standard InChI is InChI=1S/C18H21N3O5S/c1-21-8-7-11-9-14-16(26-10-25-14)17(24-2)15(11)18(21)20-12-3-5-13(6-4-12)27(19,22)23/h3-6,9,18,20H,7-8,10H2,1-2H3,(H2,19,22,23). The topological polar surface area (TPSA) is 103 Å². The number of ether oxygens (including phenoxy) is 3. The molecule has 1 unspecified atom stereocenters. The van der Waals surface area contributed by atoms with Gasteiger partial charge in [0.1, 0.15) is 6.17 Å². The van der Waals surface area contributed by atoms with E-state index < -0.39 is 10.0 Å². The second-order valence-corrected chi connectivity index (χ2v) is 8.12. The Morgan fingerprint density at radius 3 is 2.67 bits per heavy atom. The number of rotatable bonds is 4. The van der Waals surface area contributed by atoms with E-state index in [2.05, 4.69) is 10.2 Å². The van der Waals surface area contributed by atoms with Gasteiger partial charge in [-0.15, -0.1) is 0 Å². The summed E-state index contributed by atoms with van der Waals surface area (Å²) < 4.78 is 39.7. The summed E-state index contributed by atoms with van der Waals surface area (Å²) in [5, 5.41) is 8.61. The van der Waals surface area contributed by atoms with Crippen molar-refractivity contribution in [3.63, 3.8) is 0 Å². The number of hydrogen-bond acceptors (Lipinski definition) is 7. The molecule has 1 atom stereocenters. The molecule has 4 rings (SSSR count). The molecule has 0 spiro atoms. The van der Waals surface area contributed by atoms with Crippen LogP contribution >= 0.6 is 0 Å². The zero-order valence-corrected chi connectivity index (χ0v) is 15.9. The molecule has 2 aromatic rings. The molecule has 2 aromatic carbocycles. The first-order valence-electron chi connectivity index (χ1n) is 8.47. The number of nitrogens with zero attached hydrogens (tertiary/aromatic N) is 1. The van der Waals surface area contributed by atoms with Gasteiger partial charge < -0.3 is 19.5 Å². The van der Waals surface area contributed by atoms with Crippen LogP contribution in [0.2, 0.25) is 0 Å². The Balaban J connectivity index is 1.72. The van der Waals surface area contributed by atoms with Crippen molar-refractivity contribution >= 4 is 15.7 Å². The fourth-order valence-corrected chi connectivity index (χ4v) is 4.03. The Morgan fingerprint density at radius 2 is 2.00 bits per heavy atom. The first-order chi connectivity index (χ1) is 12.9. The number of anilines is 1. The van der Waals surface area contributed by atoms with E-state index in [1.165, 1.54) is 12.1 Å². The minimum atomic E-state index is -3.72. The molecule has 27 heavy (non-hydrogen) atoms. The third-order valence-electron chi connectivity index (χ3n) is 4.88. The molecule has 0 fully saturated rings. The Kier molecular flexibility index (Phi) is 4.37. The van der Waals surface area contributed by atoms with E-state index in [-0.39, 0.29) is 17.9 Å². The zero-order valence-electron chi connectivity index (χ0n) is 15.1. The van der Waals surface area contributed by atoms with Gasteiger partial charge in [-0.3, -0.25) is 4.90 Å². The summed E-state index contributed by atoms with van der Waals surface area (Å²) >= 11 is 0. The van der Waals surface area contributed by atoms with Crippen LogP contribution in [0.4, 0.5) is 5.69 Å². The molecular weight excluding hydrogens is 370 g/mol. The molecule has 0 bridgehead atoms. The highest BCUT2D eigenvalue weighted by atomic mass is 32.2. The lowest BCUT2D eigenvalue weighted by Gasteiger charge is -2.36. The van der Waals surface area contributed by atoms with Crippen LogP contribution in [-0.4, -0.2) is 40.8 Å². The second-order valence-electron chi connectivity index (χ2n) is 6.56. The van der Waals surface area contributed by atoms with Crippen LogP contribution < -0.4 is 24.7 Å². The van der Waals surface area contributed by atoms with Gasteiger partial charge in [0.05, 0.1) is 12.0 Å². The molecule has 0 saturated carbocycles. The minimum Gasteiger partial charge on any atom is -0.492 e. The van der Waals surface area contributed by atoms with Crippen molar-refractivity contribution in [2.24, 2.45) is 5.14 Å². The number of hydrogen-bond donors (Lipinski definition) is 2. The molecule has 9 heteroatoms. The molecule has 144 valence electrons. The number of sulfonamides is 1. The van der Waals surface area contributed by atoms with Crippen molar-refractivity contribution in [1.82, 2.24) is 4.90 Å². The van der Waals surface area contributed by atoms with Crippen molar-refractivity contribution in [2.45, 2.75) is 17.5 Å². The maximum Gasteiger partial charge on any atom is 0.238 e. The van der Waals surface area contributed by atoms with Crippen molar-refractivity contribution in [3.8, 4) is 17.2 Å². The average Bonchev–Trinajstić information content (AvgIpc) is 3.10. The van der Waals surface area contributed by atoms with Crippen molar-refractivity contribution in [2.75, 3.05) is 32.8 Å². The van der Waals surface area contributed by atoms with Gasteiger partial charge in [0.2, 0.25) is 22.6 Å². The third kappa shape index (κ3) is 3.18. The normalized spacial score (nSPS) is 18.9. The number of likely N-dealkylation sites (N-methyl/N-ethyl adjacent to an activating group) is 1. The SMILES string of the molecule is COc1c2c(cc3c1C(Nc1ccc(S(N)(=O)=O)cc1)N(C)CC3)OCO2. The Bertz CT molecular complexity index is 975. The summed E-state index contributed by atoms with van der Waals surface area (Å²) in [5.41, 5.74) is 2.89. The van der Waals surface area contributed by atoms with Crippen molar-refractivity contribution in [3.05, 3.63) is 41.5 Å². The second kappa shape index (κ2) is 6.59. The highest BCUT2D eigenvalue weighted by molar-refractivity contribution is 7.89. The molecule has 2 aliphatic heterocycles. The van der Waals surface area contributed by atoms with Crippen LogP contribution in [0.25, 0.3) is 0 Å². The number of nitrogens with two attached hydrogens (primary N) is 1. The zero-order chi connectivity index (χ0) is 19.2. The molecule has 0 amide bonds. The quantitative estimate of drug-likeness (QED) is 0.817. The first-order valence-corrected chi connectivity index (χ1v) is 10.0. The van der Waals surface area contributed by atoms with E-state index in [1.54, 1.807) is 19.2 Å². The van der Waals surface area contributed by atoms with Gasteiger partial charge >= 0.3 is 0 Å². The van der Waals surface area contributed by atoms with Crippen LogP contribution in [0.15, 0.2) is 35.2 Å². The van der Waals surface area contributed by atoms with Crippen molar-refractivity contribution < 1.29 is 22.6 Å². The largest absolute Gasteiger partial charge is 0.492 e. The van der Waals surface area contributed by atoms with Gasteiger partial charge in [0.25, 0.3) is 0 Å². The summed E-state index contributed by atoms with van der Waals surface area (Å²) in [6, 6.07) is 8.37. The third-order valence-corrected chi connectivity index (χ3v) is 5.81. The minimum absolute atomic E-state index is 0.0754. The lowest BCUT2D eigenvalue weighted by Crippen LogP contribution is -2.37. The van der Waals surface area contributed by atoms with Gasteiger partial charge in [0.15, 0.2) is 11.5 Å². The van der Waals surface area contributed by atoms with Gasteiger partial charge in [0, 0.05) is 17.8 Å². The van der Waals surface area contributed by atoms with Gasteiger partial charge in [-0.05, 0) is 49.4 Å². The predicted octanol–water partition coefficient (Wildman–Crippen LogP) is 1.67. The van der Waals surface area contributed by atoms with E-state index in [0.29, 0.717) is 17.2 Å². The highest BCUT2D eigenvalue weighted by Gasteiger charge is 2.34. The molecule has 0 aromatic heterocycles. The molecule has 0 aliphatic carbocycles. The molecular formula is C18H21N3O5S. The van der Waals surface area contributed by atoms with Crippen LogP contribution in [0, 0.1) is 0 Å². The lowest BCUT2D eigenvalue weighted by molar-refractivity contribution is 0.170. The van der Waals surface area contributed by atoms with Crippen LogP contribution in [0.5, 0.6) is 17.2 Å². The molecule has 2 aliphatic rings. The number of primary sulfonamides is 1. The number of fused-ring (bicyclic) bond motifs is 2. The monoisotopic (exact) mass is 391 g/mol. The number of benzene rings is 2. The fourth-order valence-electron chi connectivity index (χ4n) is 3.51. The average molecular weight is 391 g/mol. The highest BCUT2D eigenvalue weighted by Crippen LogP contribution is 2.49. The van der Waals surface area contributed by atoms with Crippen molar-refractivity contribution in [1.29, 1.82) is 0 Å². The smallest absolute Gasteiger partial charge is 0.238 e. The van der Waals surface area contributed by atoms with Gasteiger partial charge in [-0.2, -0.15) is 0 Å². The van der Waals surface area contributed by atoms with E-state index in [1.807, 2.05) is 13.1 Å². The lowest BCUT2D eigenvalue weighted by atomic mass is 9.94. The molecule has 8 nitrogen and oxygen atoms in total. The summed E-state index contributed by atoms with van der Waals surface area (Å²) in [6.07, 6.45) is 0.694. The van der Waals surface area contributed by atoms with E-state index >= 15 is 0 Å². The van der Waals surface area contributed by atoms with Gasteiger partial charge in [-0.1, -0.05) is 0 Å². The van der Waals surface area contributed by atoms with Crippen LogP contribution in [-0.2, 0) is 16.4 Å². The summed E-state index contributed by atoms with van der Waals surface area (Å²) in [6.45, 7) is 1.03. The summed E-state index contributed by atoms with van der Waals surface area (Å²) in [5.74, 6) is 1.97. The Labute approximate surface area is 157 Å². The van der Waals surface area contributed by atoms with Crippen LogP contribution in [0.3, 0.4) is 0 Å². The Morgan fingerprint density at radius 1 is 1.26 bits per heavy atom. The maximum absolute atomic E-state index is 11.4. The van der Waals surface area contributed by atoms with Crippen LogP contribution in [0.1, 0.15) is 17.3 Å². The number of methoxy groups -OCH3 is 1. The van der Waals surface area contributed by atoms with E-state index in [4.69, 9.17) is 19.3 Å². The molecule has 3 N–H and O–H groups in total. The maximum atomic E-state index is 11.4. The molecule has 0 saturated heterocycles. The van der Waals surface area contributed by atoms with E-state index in [9.17, 15) is 8.42 Å². The molecule has 0 radical (unpaired) electrons. The number of nitrogens with one attached hydrogen (secondary N) is 1. The van der Waals surface area contributed by atoms with Gasteiger partial charge in [-0.25, -0.2) is 13.6 Å². The van der Waals surface area contributed by atoms with E-state index in [0.717, 1.165) is 29.8 Å². The fraction of sp³-hybridized carbons (Fsp3) is 0.333. The molecule has 2 heterocycles.